The molecule has 1 saturated heterocycles. The largest absolute Gasteiger partial charge is 0.458 e. The van der Waals surface area contributed by atoms with Crippen LogP contribution in [-0.2, 0) is 9.53 Å². The monoisotopic (exact) mass is 264 g/mol. The maximum atomic E-state index is 11.6. The Morgan fingerprint density at radius 1 is 1.37 bits per heavy atom. The minimum Gasteiger partial charge on any atom is -0.458 e. The first-order valence-corrected chi connectivity index (χ1v) is 6.78. The van der Waals surface area contributed by atoms with Gasteiger partial charge in [-0.1, -0.05) is 20.1 Å². The Morgan fingerprint density at radius 3 is 2.74 bits per heavy atom. The Kier molecular flexibility index (Phi) is 2.51. The number of fused-ring (bicyclic) bond motifs is 2. The lowest BCUT2D eigenvalue weighted by Gasteiger charge is -2.57. The first-order valence-electron chi connectivity index (χ1n) is 6.78. The minimum absolute atomic E-state index is 0.160. The molecule has 0 bridgehead atoms. The average molecular weight is 264 g/mol. The quantitative estimate of drug-likeness (QED) is 0.393. The Hall–Kier alpha value is -1.13. The highest BCUT2D eigenvalue weighted by molar-refractivity contribution is 5.91. The number of rotatable bonds is 0. The smallest absolute Gasteiger partial charge is 0.334 e. The normalized spacial score (nSPS) is 49.6. The van der Waals surface area contributed by atoms with Crippen LogP contribution in [0.1, 0.15) is 32.6 Å². The van der Waals surface area contributed by atoms with Crippen molar-refractivity contribution in [2.24, 2.45) is 11.3 Å². The highest BCUT2D eigenvalue weighted by atomic mass is 16.6. The van der Waals surface area contributed by atoms with E-state index >= 15 is 0 Å². The standard InChI is InChI=1S/C15H20O4/c1-8-4-5-12(16)14(3)7-11-10(6-15(8,14)18)9(2)13(17)19-11/h10-12,16,18H,1-2,4-7H2,3H3/t10-,11-,12-,14+,15+/m1/s1. The molecule has 4 heteroatoms. The van der Waals surface area contributed by atoms with Crippen LogP contribution in [0.5, 0.6) is 0 Å². The van der Waals surface area contributed by atoms with Gasteiger partial charge in [-0.15, -0.1) is 0 Å². The summed E-state index contributed by atoms with van der Waals surface area (Å²) in [4.78, 5) is 11.6. The first-order chi connectivity index (χ1) is 8.79. The number of carbonyl (C=O) groups excluding carboxylic acids is 1. The summed E-state index contributed by atoms with van der Waals surface area (Å²) < 4.78 is 5.33. The summed E-state index contributed by atoms with van der Waals surface area (Å²) in [7, 11) is 0. The van der Waals surface area contributed by atoms with E-state index in [1.807, 2.05) is 6.92 Å². The van der Waals surface area contributed by atoms with E-state index in [0.29, 0.717) is 31.3 Å². The molecule has 0 amide bonds. The highest BCUT2D eigenvalue weighted by Gasteiger charge is 2.63. The van der Waals surface area contributed by atoms with Gasteiger partial charge in [-0.25, -0.2) is 4.79 Å². The topological polar surface area (TPSA) is 66.8 Å². The van der Waals surface area contributed by atoms with E-state index in [1.54, 1.807) is 0 Å². The van der Waals surface area contributed by atoms with Gasteiger partial charge in [0.1, 0.15) is 6.10 Å². The van der Waals surface area contributed by atoms with Gasteiger partial charge in [0.25, 0.3) is 0 Å². The van der Waals surface area contributed by atoms with Crippen molar-refractivity contribution in [1.82, 2.24) is 0 Å². The van der Waals surface area contributed by atoms with E-state index in [4.69, 9.17) is 4.74 Å². The molecular formula is C15H20O4. The number of ether oxygens (including phenoxy) is 1. The third-order valence-corrected chi connectivity index (χ3v) is 5.54. The zero-order valence-electron chi connectivity index (χ0n) is 11.2. The van der Waals surface area contributed by atoms with Crippen LogP contribution in [-0.4, -0.2) is 34.0 Å². The summed E-state index contributed by atoms with van der Waals surface area (Å²) in [5.41, 5.74) is -0.642. The molecule has 0 aromatic rings. The molecule has 3 aliphatic rings. The molecule has 4 nitrogen and oxygen atoms in total. The zero-order valence-corrected chi connectivity index (χ0v) is 11.2. The van der Waals surface area contributed by atoms with Crippen LogP contribution in [0.25, 0.3) is 0 Å². The van der Waals surface area contributed by atoms with Crippen LogP contribution in [0.3, 0.4) is 0 Å². The second-order valence-corrected chi connectivity index (χ2v) is 6.42. The van der Waals surface area contributed by atoms with E-state index in [9.17, 15) is 15.0 Å². The predicted octanol–water partition coefficient (Wildman–Crippen LogP) is 1.33. The van der Waals surface area contributed by atoms with E-state index in [1.165, 1.54) is 0 Å². The second-order valence-electron chi connectivity index (χ2n) is 6.42. The molecule has 1 heterocycles. The number of hydrogen-bond acceptors (Lipinski definition) is 4. The van der Waals surface area contributed by atoms with Gasteiger partial charge in [-0.2, -0.15) is 0 Å². The molecule has 0 spiro atoms. The van der Waals surface area contributed by atoms with E-state index in [0.717, 1.165) is 5.57 Å². The fraction of sp³-hybridized carbons (Fsp3) is 0.667. The van der Waals surface area contributed by atoms with Crippen LogP contribution in [0.15, 0.2) is 24.3 Å². The molecule has 19 heavy (non-hydrogen) atoms. The fourth-order valence-corrected chi connectivity index (χ4v) is 4.04. The molecule has 104 valence electrons. The summed E-state index contributed by atoms with van der Waals surface area (Å²) in [5.74, 6) is -0.534. The average Bonchev–Trinajstić information content (AvgIpc) is 2.61. The summed E-state index contributed by atoms with van der Waals surface area (Å²) >= 11 is 0. The van der Waals surface area contributed by atoms with Gasteiger partial charge in [-0.05, 0) is 31.3 Å². The summed E-state index contributed by atoms with van der Waals surface area (Å²) in [6.45, 7) is 9.64. The van der Waals surface area contributed by atoms with Crippen molar-refractivity contribution < 1.29 is 19.7 Å². The lowest BCUT2D eigenvalue weighted by molar-refractivity contribution is -0.186. The third-order valence-electron chi connectivity index (χ3n) is 5.54. The Morgan fingerprint density at radius 2 is 2.05 bits per heavy atom. The maximum Gasteiger partial charge on any atom is 0.334 e. The van der Waals surface area contributed by atoms with Crippen LogP contribution < -0.4 is 0 Å². The van der Waals surface area contributed by atoms with Gasteiger partial charge >= 0.3 is 5.97 Å². The van der Waals surface area contributed by atoms with Crippen molar-refractivity contribution in [3.8, 4) is 0 Å². The van der Waals surface area contributed by atoms with Gasteiger partial charge in [-0.3, -0.25) is 0 Å². The molecule has 2 aliphatic carbocycles. The van der Waals surface area contributed by atoms with Gasteiger partial charge in [0.15, 0.2) is 0 Å². The van der Waals surface area contributed by atoms with E-state index < -0.39 is 17.1 Å². The van der Waals surface area contributed by atoms with Crippen LogP contribution in [0.4, 0.5) is 0 Å². The number of carbonyl (C=O) groups is 1. The predicted molar refractivity (Wildman–Crippen MR) is 69.2 cm³/mol. The van der Waals surface area contributed by atoms with Crippen molar-refractivity contribution in [2.45, 2.75) is 50.4 Å². The van der Waals surface area contributed by atoms with Crippen molar-refractivity contribution in [3.63, 3.8) is 0 Å². The van der Waals surface area contributed by atoms with Crippen LogP contribution in [0, 0.1) is 11.3 Å². The number of aliphatic hydroxyl groups is 2. The van der Waals surface area contributed by atoms with E-state index in [-0.39, 0.29) is 18.0 Å². The maximum absolute atomic E-state index is 11.6. The molecule has 0 aromatic heterocycles. The van der Waals surface area contributed by atoms with Crippen molar-refractivity contribution in [2.75, 3.05) is 0 Å². The molecule has 2 N–H and O–H groups in total. The fourth-order valence-electron chi connectivity index (χ4n) is 4.04. The summed E-state index contributed by atoms with van der Waals surface area (Å²) in [6.07, 6.45) is 1.17. The minimum atomic E-state index is -1.14. The Bertz CT molecular complexity index is 483. The SMILES string of the molecule is C=C1C(=O)O[C@@H]2C[C@@]3(C)[C@H](O)CCC(=C)[C@@]3(O)C[C@H]12. The second kappa shape index (κ2) is 3.70. The number of aliphatic hydroxyl groups excluding tert-OH is 1. The Balaban J connectivity index is 2.03. The van der Waals surface area contributed by atoms with Crippen molar-refractivity contribution in [1.29, 1.82) is 0 Å². The zero-order chi connectivity index (χ0) is 14.0. The summed E-state index contributed by atoms with van der Waals surface area (Å²) in [5, 5.41) is 21.4. The number of hydrogen-bond donors (Lipinski definition) is 2. The van der Waals surface area contributed by atoms with Crippen LogP contribution >= 0.6 is 0 Å². The third kappa shape index (κ3) is 1.44. The molecule has 1 aliphatic heterocycles. The molecular weight excluding hydrogens is 244 g/mol. The molecule has 3 fully saturated rings. The van der Waals surface area contributed by atoms with Crippen molar-refractivity contribution >= 4 is 5.97 Å². The molecule has 0 aromatic carbocycles. The molecule has 5 atom stereocenters. The molecule has 0 radical (unpaired) electrons. The first kappa shape index (κ1) is 12.9. The van der Waals surface area contributed by atoms with Crippen molar-refractivity contribution in [3.05, 3.63) is 24.3 Å². The summed E-state index contributed by atoms with van der Waals surface area (Å²) in [6, 6.07) is 0. The lowest BCUT2D eigenvalue weighted by Crippen LogP contribution is -2.62. The highest BCUT2D eigenvalue weighted by Crippen LogP contribution is 2.58. The van der Waals surface area contributed by atoms with Gasteiger partial charge in [0, 0.05) is 16.9 Å². The molecule has 3 rings (SSSR count). The molecule has 0 unspecified atom stereocenters. The molecule has 2 saturated carbocycles. The van der Waals surface area contributed by atoms with Gasteiger partial charge in [0.05, 0.1) is 11.7 Å². The number of esters is 1. The van der Waals surface area contributed by atoms with Crippen LogP contribution in [0.2, 0.25) is 0 Å². The van der Waals surface area contributed by atoms with Gasteiger partial charge in [0.2, 0.25) is 0 Å². The van der Waals surface area contributed by atoms with Gasteiger partial charge < -0.3 is 14.9 Å². The Labute approximate surface area is 112 Å². The lowest BCUT2D eigenvalue weighted by atomic mass is 9.52. The van der Waals surface area contributed by atoms with E-state index in [2.05, 4.69) is 13.2 Å².